The molecular formula is C18H32N4O9. The number of amides is 1. The Hall–Kier alpha value is -2.03. The predicted octanol–water partition coefficient (Wildman–Crippen LogP) is -2.95. The monoisotopic (exact) mass is 448 g/mol. The second-order valence-corrected chi connectivity index (χ2v) is 7.97. The van der Waals surface area contributed by atoms with E-state index in [9.17, 15) is 24.9 Å². The van der Waals surface area contributed by atoms with Crippen molar-refractivity contribution in [3.05, 3.63) is 0 Å². The van der Waals surface area contributed by atoms with Crippen LogP contribution in [0.3, 0.4) is 0 Å². The Morgan fingerprint density at radius 1 is 1.26 bits per heavy atom. The van der Waals surface area contributed by atoms with E-state index in [0.717, 1.165) is 0 Å². The number of aliphatic imine (C=N–C) groups is 1. The summed E-state index contributed by atoms with van der Waals surface area (Å²) in [6.07, 6.45) is -4.52. The van der Waals surface area contributed by atoms with Crippen LogP contribution >= 0.6 is 0 Å². The lowest BCUT2D eigenvalue weighted by molar-refractivity contribution is -0.283. The molecule has 2 aliphatic rings. The number of hydrogen-bond acceptors (Lipinski definition) is 10. The highest BCUT2D eigenvalue weighted by molar-refractivity contribution is 5.84. The van der Waals surface area contributed by atoms with Crippen LogP contribution in [0.15, 0.2) is 4.99 Å². The lowest BCUT2D eigenvalue weighted by Crippen LogP contribution is -2.49. The smallest absolute Gasteiger partial charge is 0.328 e. The Labute approximate surface area is 179 Å². The third-order valence-corrected chi connectivity index (χ3v) is 4.98. The molecule has 1 amide bonds. The van der Waals surface area contributed by atoms with Crippen LogP contribution in [0.1, 0.15) is 33.1 Å². The van der Waals surface area contributed by atoms with Gasteiger partial charge in [-0.25, -0.2) is 4.79 Å². The summed E-state index contributed by atoms with van der Waals surface area (Å²) in [5, 5.41) is 32.8. The van der Waals surface area contributed by atoms with E-state index >= 15 is 0 Å². The molecule has 0 aliphatic carbocycles. The molecule has 13 heteroatoms. The number of aliphatic hydroxyl groups excluding tert-OH is 2. The number of esters is 1. The first-order chi connectivity index (χ1) is 14.4. The van der Waals surface area contributed by atoms with E-state index < -0.39 is 66.9 Å². The maximum absolute atomic E-state index is 12.6. The second-order valence-electron chi connectivity index (χ2n) is 7.97. The molecule has 6 atom stereocenters. The molecule has 8 N–H and O–H groups in total. The fourth-order valence-electron chi connectivity index (χ4n) is 3.66. The number of guanidine groups is 1. The summed E-state index contributed by atoms with van der Waals surface area (Å²) < 4.78 is 21.6. The fourth-order valence-corrected chi connectivity index (χ4v) is 3.66. The molecule has 0 saturated carbocycles. The highest BCUT2D eigenvalue weighted by atomic mass is 16.8. The van der Waals surface area contributed by atoms with E-state index in [4.69, 9.17) is 30.4 Å². The molecule has 2 heterocycles. The Morgan fingerprint density at radius 3 is 2.52 bits per heavy atom. The van der Waals surface area contributed by atoms with Crippen molar-refractivity contribution in [2.45, 2.75) is 75.1 Å². The Bertz CT molecular complexity index is 685. The summed E-state index contributed by atoms with van der Waals surface area (Å²) in [5.41, 5.74) is 10.5. The van der Waals surface area contributed by atoms with Gasteiger partial charge in [0.1, 0.15) is 30.5 Å². The summed E-state index contributed by atoms with van der Waals surface area (Å²) >= 11 is 0. The maximum atomic E-state index is 12.6. The molecule has 2 saturated heterocycles. The van der Waals surface area contributed by atoms with Crippen LogP contribution in [0.5, 0.6) is 0 Å². The number of aliphatic hydroxyl groups is 3. The third kappa shape index (κ3) is 6.24. The largest absolute Gasteiger partial charge is 0.467 e. The average molecular weight is 448 g/mol. The molecule has 0 aromatic carbocycles. The van der Waals surface area contributed by atoms with Crippen LogP contribution < -0.4 is 16.8 Å². The number of carbonyl (C=O) groups is 2. The number of ether oxygens (including phenoxy) is 4. The van der Waals surface area contributed by atoms with Crippen molar-refractivity contribution in [3.8, 4) is 0 Å². The molecule has 0 aromatic rings. The van der Waals surface area contributed by atoms with Crippen LogP contribution in [0.4, 0.5) is 0 Å². The van der Waals surface area contributed by atoms with Crippen molar-refractivity contribution >= 4 is 17.8 Å². The lowest BCUT2D eigenvalue weighted by Gasteiger charge is -2.31. The van der Waals surface area contributed by atoms with Gasteiger partial charge in [-0.15, -0.1) is 0 Å². The van der Waals surface area contributed by atoms with Crippen LogP contribution in [0, 0.1) is 0 Å². The molecule has 2 aliphatic heterocycles. The first-order valence-corrected chi connectivity index (χ1v) is 9.89. The molecule has 31 heavy (non-hydrogen) atoms. The SMILES string of the molecule is COC(=O)[C@H](CCCN=C(N)N)NC(=O)C[C@@]1(O)O[C@@H]([C@H](O)CO)[C@H]2OC(C)(C)O[C@H]21. The van der Waals surface area contributed by atoms with Crippen LogP contribution in [-0.4, -0.2) is 95.4 Å². The molecule has 0 spiro atoms. The zero-order chi connectivity index (χ0) is 23.4. The molecule has 2 rings (SSSR count). The van der Waals surface area contributed by atoms with E-state index in [1.54, 1.807) is 13.8 Å². The van der Waals surface area contributed by atoms with Crippen molar-refractivity contribution in [2.24, 2.45) is 16.5 Å². The molecule has 0 bridgehead atoms. The van der Waals surface area contributed by atoms with Gasteiger partial charge in [0.05, 0.1) is 20.1 Å². The predicted molar refractivity (Wildman–Crippen MR) is 105 cm³/mol. The molecule has 2 fully saturated rings. The van der Waals surface area contributed by atoms with Gasteiger partial charge in [0.2, 0.25) is 11.7 Å². The Balaban J connectivity index is 2.07. The van der Waals surface area contributed by atoms with Gasteiger partial charge < -0.3 is 51.1 Å². The number of nitrogens with two attached hydrogens (primary N) is 2. The van der Waals surface area contributed by atoms with Crippen molar-refractivity contribution in [3.63, 3.8) is 0 Å². The fraction of sp³-hybridized carbons (Fsp3) is 0.833. The summed E-state index contributed by atoms with van der Waals surface area (Å²) in [5.74, 6) is -4.73. The Morgan fingerprint density at radius 2 is 1.94 bits per heavy atom. The van der Waals surface area contributed by atoms with Gasteiger partial charge in [-0.1, -0.05) is 0 Å². The zero-order valence-electron chi connectivity index (χ0n) is 17.8. The number of rotatable bonds is 10. The first kappa shape index (κ1) is 25.2. The van der Waals surface area contributed by atoms with Gasteiger partial charge in [-0.2, -0.15) is 0 Å². The topological polar surface area (TPSA) is 208 Å². The van der Waals surface area contributed by atoms with Gasteiger partial charge in [-0.05, 0) is 26.7 Å². The number of hydrogen-bond donors (Lipinski definition) is 6. The summed E-state index contributed by atoms with van der Waals surface area (Å²) in [6.45, 7) is 2.83. The second kappa shape index (κ2) is 10.1. The Kier molecular flexibility index (Phi) is 8.19. The van der Waals surface area contributed by atoms with Crippen molar-refractivity contribution in [1.29, 1.82) is 0 Å². The number of nitrogens with zero attached hydrogens (tertiary/aromatic N) is 1. The lowest BCUT2D eigenvalue weighted by atomic mass is 10.00. The van der Waals surface area contributed by atoms with Gasteiger partial charge in [0, 0.05) is 6.54 Å². The van der Waals surface area contributed by atoms with Crippen molar-refractivity contribution in [2.75, 3.05) is 20.3 Å². The minimum atomic E-state index is -2.15. The molecule has 178 valence electrons. The standard InChI is InChI=1S/C18H32N4O9/c1-17(2)29-13-12(10(24)8-23)30-18(27,14(13)31-17)7-11(25)22-9(15(26)28-3)5-4-6-21-16(19)20/h9-10,12-14,23-24,27H,4-8H2,1-3H3,(H,22,25)(H4,19,20,21)/t9-,10+,12-,13+,14+,18+/m0/s1. The van der Waals surface area contributed by atoms with Crippen LogP contribution in [-0.2, 0) is 28.5 Å². The summed E-state index contributed by atoms with van der Waals surface area (Å²) in [6, 6.07) is -0.997. The van der Waals surface area contributed by atoms with E-state index in [1.165, 1.54) is 7.11 Å². The van der Waals surface area contributed by atoms with Crippen LogP contribution in [0.2, 0.25) is 0 Å². The summed E-state index contributed by atoms with van der Waals surface area (Å²) in [4.78, 5) is 28.5. The first-order valence-electron chi connectivity index (χ1n) is 9.89. The van der Waals surface area contributed by atoms with E-state index in [-0.39, 0.29) is 18.9 Å². The number of fused-ring (bicyclic) bond motifs is 1. The number of carbonyl (C=O) groups excluding carboxylic acids is 2. The van der Waals surface area contributed by atoms with Gasteiger partial charge in [-0.3, -0.25) is 9.79 Å². The minimum absolute atomic E-state index is 0.0878. The van der Waals surface area contributed by atoms with Gasteiger partial charge in [0.25, 0.3) is 0 Å². The van der Waals surface area contributed by atoms with Gasteiger partial charge in [0.15, 0.2) is 11.7 Å². The molecule has 0 unspecified atom stereocenters. The molecule has 0 radical (unpaired) electrons. The zero-order valence-corrected chi connectivity index (χ0v) is 17.8. The normalized spacial score (nSPS) is 30.8. The highest BCUT2D eigenvalue weighted by Crippen LogP contribution is 2.45. The molecule has 13 nitrogen and oxygen atoms in total. The number of nitrogens with one attached hydrogen (secondary N) is 1. The molecule has 0 aromatic heterocycles. The highest BCUT2D eigenvalue weighted by Gasteiger charge is 2.64. The maximum Gasteiger partial charge on any atom is 0.328 e. The van der Waals surface area contributed by atoms with Gasteiger partial charge >= 0.3 is 5.97 Å². The van der Waals surface area contributed by atoms with Crippen molar-refractivity contribution < 1.29 is 43.9 Å². The van der Waals surface area contributed by atoms with Crippen molar-refractivity contribution in [1.82, 2.24) is 5.32 Å². The minimum Gasteiger partial charge on any atom is -0.467 e. The van der Waals surface area contributed by atoms with Crippen LogP contribution in [0.25, 0.3) is 0 Å². The molecular weight excluding hydrogens is 416 g/mol. The number of methoxy groups -OCH3 is 1. The summed E-state index contributed by atoms with van der Waals surface area (Å²) in [7, 11) is 1.18. The average Bonchev–Trinajstić information content (AvgIpc) is 3.14. The third-order valence-electron chi connectivity index (χ3n) is 4.98. The van der Waals surface area contributed by atoms with E-state index in [0.29, 0.717) is 6.42 Å². The van der Waals surface area contributed by atoms with E-state index in [1.807, 2.05) is 0 Å². The van der Waals surface area contributed by atoms with E-state index in [2.05, 4.69) is 10.3 Å². The quantitative estimate of drug-likeness (QED) is 0.0861.